The highest BCUT2D eigenvalue weighted by atomic mass is 19.1. The van der Waals surface area contributed by atoms with Gasteiger partial charge in [-0.1, -0.05) is 0 Å². The fourth-order valence-corrected chi connectivity index (χ4v) is 2.62. The van der Waals surface area contributed by atoms with Crippen molar-refractivity contribution >= 4 is 28.5 Å². The zero-order valence-electron chi connectivity index (χ0n) is 15.8. The van der Waals surface area contributed by atoms with Crippen LogP contribution in [-0.2, 0) is 9.59 Å². The number of halogens is 1. The lowest BCUT2D eigenvalue weighted by Crippen LogP contribution is -2.41. The van der Waals surface area contributed by atoms with Gasteiger partial charge in [-0.25, -0.2) is 9.37 Å². The molecule has 0 fully saturated rings. The molecule has 7 nitrogen and oxygen atoms in total. The van der Waals surface area contributed by atoms with Crippen LogP contribution in [0, 0.1) is 5.82 Å². The standard InChI is InChI=1S/C20H21FN4O3/c1-20(2,3)25-18(27)11-17(26)24-12-4-5-16(14(21)10-12)28-15-7-9-23-19-13(15)6-8-22-19/h4-10H,11H2,1-3H3,(H,22,23)(H,24,26)(H,25,27). The number of nitrogens with zero attached hydrogens (tertiary/aromatic N) is 1. The Morgan fingerprint density at radius 2 is 1.93 bits per heavy atom. The van der Waals surface area contributed by atoms with Crippen LogP contribution < -0.4 is 15.4 Å². The van der Waals surface area contributed by atoms with Crippen LogP contribution in [0.25, 0.3) is 11.0 Å². The van der Waals surface area contributed by atoms with Gasteiger partial charge in [0.05, 0.1) is 5.39 Å². The lowest BCUT2D eigenvalue weighted by molar-refractivity contribution is -0.127. The molecule has 1 aromatic carbocycles. The summed E-state index contributed by atoms with van der Waals surface area (Å²) in [4.78, 5) is 30.9. The average Bonchev–Trinajstić information content (AvgIpc) is 3.05. The van der Waals surface area contributed by atoms with E-state index >= 15 is 0 Å². The summed E-state index contributed by atoms with van der Waals surface area (Å²) in [7, 11) is 0. The van der Waals surface area contributed by atoms with Crippen LogP contribution in [0.2, 0.25) is 0 Å². The average molecular weight is 384 g/mol. The highest BCUT2D eigenvalue weighted by molar-refractivity contribution is 6.03. The van der Waals surface area contributed by atoms with Crippen molar-refractivity contribution in [3.63, 3.8) is 0 Å². The fraction of sp³-hybridized carbons (Fsp3) is 0.250. The van der Waals surface area contributed by atoms with E-state index in [-0.39, 0.29) is 17.9 Å². The molecule has 8 heteroatoms. The van der Waals surface area contributed by atoms with E-state index in [2.05, 4.69) is 20.6 Å². The number of ether oxygens (including phenoxy) is 1. The van der Waals surface area contributed by atoms with E-state index in [1.807, 2.05) is 20.8 Å². The summed E-state index contributed by atoms with van der Waals surface area (Å²) in [5.41, 5.74) is 0.440. The summed E-state index contributed by atoms with van der Waals surface area (Å²) in [6.45, 7) is 5.46. The number of rotatable bonds is 5. The van der Waals surface area contributed by atoms with Gasteiger partial charge in [-0.15, -0.1) is 0 Å². The number of H-pyrrole nitrogens is 1. The fourth-order valence-electron chi connectivity index (χ4n) is 2.62. The third kappa shape index (κ3) is 4.85. The molecule has 146 valence electrons. The summed E-state index contributed by atoms with van der Waals surface area (Å²) < 4.78 is 20.1. The molecule has 0 saturated carbocycles. The molecule has 2 aromatic heterocycles. The second kappa shape index (κ2) is 7.67. The van der Waals surface area contributed by atoms with E-state index in [1.54, 1.807) is 24.5 Å². The first kappa shape index (κ1) is 19.3. The summed E-state index contributed by atoms with van der Waals surface area (Å²) in [6, 6.07) is 7.49. The van der Waals surface area contributed by atoms with Crippen LogP contribution in [-0.4, -0.2) is 27.3 Å². The second-order valence-electron chi connectivity index (χ2n) is 7.32. The van der Waals surface area contributed by atoms with Crippen molar-refractivity contribution in [3.05, 3.63) is 48.5 Å². The van der Waals surface area contributed by atoms with Crippen molar-refractivity contribution in [1.82, 2.24) is 15.3 Å². The van der Waals surface area contributed by atoms with Gasteiger partial charge in [-0.3, -0.25) is 9.59 Å². The van der Waals surface area contributed by atoms with Gasteiger partial charge in [-0.05, 0) is 45.0 Å². The Morgan fingerprint density at radius 1 is 1.14 bits per heavy atom. The van der Waals surface area contributed by atoms with Crippen molar-refractivity contribution in [2.24, 2.45) is 0 Å². The molecule has 0 radical (unpaired) electrons. The summed E-state index contributed by atoms with van der Waals surface area (Å²) in [5, 5.41) is 5.93. The van der Waals surface area contributed by atoms with E-state index in [0.717, 1.165) is 11.5 Å². The Morgan fingerprint density at radius 3 is 2.64 bits per heavy atom. The molecular weight excluding hydrogens is 363 g/mol. The van der Waals surface area contributed by atoms with E-state index < -0.39 is 23.2 Å². The lowest BCUT2D eigenvalue weighted by Gasteiger charge is -2.20. The second-order valence-corrected chi connectivity index (χ2v) is 7.32. The van der Waals surface area contributed by atoms with E-state index in [0.29, 0.717) is 11.4 Å². The molecule has 28 heavy (non-hydrogen) atoms. The third-order valence-corrected chi connectivity index (χ3v) is 3.69. The normalized spacial score (nSPS) is 11.3. The van der Waals surface area contributed by atoms with E-state index in [1.165, 1.54) is 12.1 Å². The minimum atomic E-state index is -0.641. The topological polar surface area (TPSA) is 96.1 Å². The summed E-state index contributed by atoms with van der Waals surface area (Å²) in [5.74, 6) is -1.10. The van der Waals surface area contributed by atoms with Gasteiger partial charge in [0.2, 0.25) is 11.8 Å². The molecule has 0 unspecified atom stereocenters. The first-order valence-electron chi connectivity index (χ1n) is 8.72. The number of aromatic nitrogens is 2. The van der Waals surface area contributed by atoms with Gasteiger partial charge in [0.1, 0.15) is 17.8 Å². The predicted molar refractivity (Wildman–Crippen MR) is 104 cm³/mol. The van der Waals surface area contributed by atoms with E-state index in [4.69, 9.17) is 4.74 Å². The number of hydrogen-bond donors (Lipinski definition) is 3. The number of benzene rings is 1. The number of nitrogens with one attached hydrogen (secondary N) is 3. The Labute approximate surface area is 161 Å². The molecular formula is C20H21FN4O3. The van der Waals surface area contributed by atoms with Gasteiger partial charge in [0.25, 0.3) is 0 Å². The quantitative estimate of drug-likeness (QED) is 0.584. The Hall–Kier alpha value is -3.42. The molecule has 0 atom stereocenters. The number of amides is 2. The molecule has 0 saturated heterocycles. The number of hydrogen-bond acceptors (Lipinski definition) is 4. The summed E-state index contributed by atoms with van der Waals surface area (Å²) >= 11 is 0. The third-order valence-electron chi connectivity index (χ3n) is 3.69. The van der Waals surface area contributed by atoms with Crippen LogP contribution in [0.4, 0.5) is 10.1 Å². The monoisotopic (exact) mass is 384 g/mol. The molecule has 0 aliphatic heterocycles. The SMILES string of the molecule is CC(C)(C)NC(=O)CC(=O)Nc1ccc(Oc2ccnc3[nH]ccc23)c(F)c1. The number of carbonyl (C=O) groups is 2. The molecule has 2 amide bonds. The van der Waals surface area contributed by atoms with Gasteiger partial charge in [0, 0.05) is 29.7 Å². The van der Waals surface area contributed by atoms with Gasteiger partial charge >= 0.3 is 0 Å². The Kier molecular flexibility index (Phi) is 5.30. The zero-order valence-corrected chi connectivity index (χ0v) is 15.8. The largest absolute Gasteiger partial charge is 0.453 e. The van der Waals surface area contributed by atoms with Crippen molar-refractivity contribution in [3.8, 4) is 11.5 Å². The van der Waals surface area contributed by atoms with Crippen molar-refractivity contribution < 1.29 is 18.7 Å². The van der Waals surface area contributed by atoms with Crippen molar-refractivity contribution in [1.29, 1.82) is 0 Å². The molecule has 3 N–H and O–H groups in total. The number of anilines is 1. The first-order chi connectivity index (χ1) is 13.2. The maximum absolute atomic E-state index is 14.4. The molecule has 0 aliphatic carbocycles. The summed E-state index contributed by atoms with van der Waals surface area (Å²) in [6.07, 6.45) is 2.93. The minimum absolute atomic E-state index is 0.0113. The highest BCUT2D eigenvalue weighted by Gasteiger charge is 2.17. The number of carbonyl (C=O) groups excluding carboxylic acids is 2. The highest BCUT2D eigenvalue weighted by Crippen LogP contribution is 2.31. The van der Waals surface area contributed by atoms with Gasteiger partial charge in [0.15, 0.2) is 11.6 Å². The molecule has 0 spiro atoms. The maximum atomic E-state index is 14.4. The lowest BCUT2D eigenvalue weighted by atomic mass is 10.1. The van der Waals surface area contributed by atoms with Gasteiger partial charge in [-0.2, -0.15) is 0 Å². The molecule has 0 bridgehead atoms. The van der Waals surface area contributed by atoms with Crippen LogP contribution in [0.1, 0.15) is 27.2 Å². The van der Waals surface area contributed by atoms with Crippen LogP contribution >= 0.6 is 0 Å². The maximum Gasteiger partial charge on any atom is 0.233 e. The van der Waals surface area contributed by atoms with Crippen molar-refractivity contribution in [2.45, 2.75) is 32.7 Å². The van der Waals surface area contributed by atoms with Crippen LogP contribution in [0.3, 0.4) is 0 Å². The number of fused-ring (bicyclic) bond motifs is 1. The molecule has 3 rings (SSSR count). The molecule has 3 aromatic rings. The minimum Gasteiger partial charge on any atom is -0.453 e. The Balaban J connectivity index is 1.66. The van der Waals surface area contributed by atoms with Gasteiger partial charge < -0.3 is 20.4 Å². The molecule has 0 aliphatic rings. The Bertz CT molecular complexity index is 1020. The van der Waals surface area contributed by atoms with Crippen molar-refractivity contribution in [2.75, 3.05) is 5.32 Å². The molecule has 2 heterocycles. The zero-order chi connectivity index (χ0) is 20.3. The van der Waals surface area contributed by atoms with Crippen LogP contribution in [0.15, 0.2) is 42.7 Å². The smallest absolute Gasteiger partial charge is 0.233 e. The first-order valence-corrected chi connectivity index (χ1v) is 8.72. The van der Waals surface area contributed by atoms with E-state index in [9.17, 15) is 14.0 Å². The number of aromatic amines is 1. The predicted octanol–water partition coefficient (Wildman–Crippen LogP) is 3.74. The number of pyridine rings is 1. The van der Waals surface area contributed by atoms with Crippen LogP contribution in [0.5, 0.6) is 11.5 Å².